The van der Waals surface area contributed by atoms with Crippen LogP contribution in [0, 0.1) is 0 Å². The first kappa shape index (κ1) is 7.14. The van der Waals surface area contributed by atoms with Crippen LogP contribution < -0.4 is 4.83 Å². The normalized spacial score (nSPS) is 11.3. The van der Waals surface area contributed by atoms with Crippen molar-refractivity contribution in [1.29, 1.82) is 0 Å². The average molecular weight is 160 g/mol. The van der Waals surface area contributed by atoms with Crippen LogP contribution in [-0.4, -0.2) is 19.3 Å². The summed E-state index contributed by atoms with van der Waals surface area (Å²) in [5.41, 5.74) is 0. The van der Waals surface area contributed by atoms with Crippen molar-refractivity contribution in [2.45, 2.75) is 0 Å². The molecule has 0 aliphatic rings. The zero-order chi connectivity index (χ0) is 7.61. The summed E-state index contributed by atoms with van der Waals surface area (Å²) < 4.78 is 22.5. The second kappa shape index (κ2) is 2.34. The summed E-state index contributed by atoms with van der Waals surface area (Å²) in [6, 6.07) is 3.47. The first-order valence-corrected chi connectivity index (χ1v) is 4.58. The molecule has 0 aliphatic heterocycles. The van der Waals surface area contributed by atoms with Crippen LogP contribution in [0.25, 0.3) is 0 Å². The maximum atomic E-state index is 10.6. The molecular weight excluding hydrogens is 152 g/mol. The van der Waals surface area contributed by atoms with Crippen LogP contribution in [0.15, 0.2) is 24.5 Å². The van der Waals surface area contributed by atoms with Crippen molar-refractivity contribution in [2.24, 2.45) is 0 Å². The predicted octanol–water partition coefficient (Wildman–Crippen LogP) is -0.00880. The van der Waals surface area contributed by atoms with Gasteiger partial charge < -0.3 is 0 Å². The first-order valence-electron chi connectivity index (χ1n) is 2.69. The third-order valence-corrected chi connectivity index (χ3v) is 1.42. The van der Waals surface area contributed by atoms with E-state index in [0.29, 0.717) is 0 Å². The van der Waals surface area contributed by atoms with Crippen molar-refractivity contribution in [3.8, 4) is 0 Å². The fourth-order valence-electron chi connectivity index (χ4n) is 0.587. The van der Waals surface area contributed by atoms with Gasteiger partial charge in [0.05, 0.1) is 6.26 Å². The van der Waals surface area contributed by atoms with E-state index >= 15 is 0 Å². The molecule has 0 unspecified atom stereocenters. The molecule has 1 heterocycles. The van der Waals surface area contributed by atoms with Crippen molar-refractivity contribution in [1.82, 2.24) is 4.68 Å². The van der Waals surface area contributed by atoms with Crippen LogP contribution in [0.2, 0.25) is 0 Å². The number of hydrogen-bond acceptors (Lipinski definition) is 2. The van der Waals surface area contributed by atoms with Gasteiger partial charge in [-0.05, 0) is 12.1 Å². The molecule has 0 aliphatic carbocycles. The summed E-state index contributed by atoms with van der Waals surface area (Å²) >= 11 is 0. The summed E-state index contributed by atoms with van der Waals surface area (Å²) in [5.74, 6) is 0. The largest absolute Gasteiger partial charge is 0.262 e. The molecule has 1 rings (SSSR count). The Morgan fingerprint density at radius 1 is 1.30 bits per heavy atom. The van der Waals surface area contributed by atoms with Gasteiger partial charge in [-0.1, -0.05) is 0 Å². The zero-order valence-corrected chi connectivity index (χ0v) is 6.30. The summed E-state index contributed by atoms with van der Waals surface area (Å²) in [4.78, 5) is 2.25. The highest BCUT2D eigenvalue weighted by molar-refractivity contribution is 7.91. The standard InChI is InChI=1S/C5H8N2O2S/c1-10(8,9)6-7-4-2-3-5-7/h2-6H,1H3. The molecule has 0 amide bonds. The maximum absolute atomic E-state index is 10.6. The molecule has 0 aromatic carbocycles. The summed E-state index contributed by atoms with van der Waals surface area (Å²) in [7, 11) is -3.13. The van der Waals surface area contributed by atoms with E-state index in [1.165, 1.54) is 4.68 Å². The van der Waals surface area contributed by atoms with Gasteiger partial charge in [0.1, 0.15) is 0 Å². The third kappa shape index (κ3) is 2.10. The molecule has 0 spiro atoms. The van der Waals surface area contributed by atoms with Gasteiger partial charge in [-0.25, -0.2) is 13.2 Å². The predicted molar refractivity (Wildman–Crippen MR) is 38.6 cm³/mol. The Bertz CT molecular complexity index is 287. The lowest BCUT2D eigenvalue weighted by molar-refractivity contribution is 0.601. The van der Waals surface area contributed by atoms with Crippen molar-refractivity contribution < 1.29 is 8.42 Å². The molecule has 1 aromatic heterocycles. The monoisotopic (exact) mass is 160 g/mol. The Kier molecular flexibility index (Phi) is 1.67. The molecule has 1 N–H and O–H groups in total. The minimum Gasteiger partial charge on any atom is -0.262 e. The van der Waals surface area contributed by atoms with Gasteiger partial charge in [0.25, 0.3) is 0 Å². The van der Waals surface area contributed by atoms with E-state index < -0.39 is 10.0 Å². The molecule has 0 bridgehead atoms. The lowest BCUT2D eigenvalue weighted by Gasteiger charge is -2.02. The number of nitrogens with zero attached hydrogens (tertiary/aromatic N) is 1. The van der Waals surface area contributed by atoms with Gasteiger partial charge in [-0.3, -0.25) is 4.68 Å². The number of nitrogens with one attached hydrogen (secondary N) is 1. The van der Waals surface area contributed by atoms with Gasteiger partial charge in [0.2, 0.25) is 10.0 Å². The van der Waals surface area contributed by atoms with Gasteiger partial charge >= 0.3 is 0 Å². The molecule has 10 heavy (non-hydrogen) atoms. The smallest absolute Gasteiger partial charge is 0.243 e. The lowest BCUT2D eigenvalue weighted by atomic mass is 10.7. The van der Waals surface area contributed by atoms with E-state index in [4.69, 9.17) is 0 Å². The number of sulfonamides is 1. The van der Waals surface area contributed by atoms with Crippen molar-refractivity contribution in [2.75, 3.05) is 11.1 Å². The van der Waals surface area contributed by atoms with E-state index in [9.17, 15) is 8.42 Å². The van der Waals surface area contributed by atoms with Crippen LogP contribution >= 0.6 is 0 Å². The molecule has 0 atom stereocenters. The Balaban J connectivity index is 2.75. The lowest BCUT2D eigenvalue weighted by Crippen LogP contribution is -2.19. The van der Waals surface area contributed by atoms with Gasteiger partial charge in [-0.2, -0.15) is 0 Å². The van der Waals surface area contributed by atoms with E-state index in [1.807, 2.05) is 0 Å². The molecule has 4 nitrogen and oxygen atoms in total. The Labute approximate surface area is 59.5 Å². The fourth-order valence-corrected chi connectivity index (χ4v) is 1.09. The van der Waals surface area contributed by atoms with Gasteiger partial charge in [0, 0.05) is 12.4 Å². The average Bonchev–Trinajstić information content (AvgIpc) is 2.12. The van der Waals surface area contributed by atoms with Crippen molar-refractivity contribution >= 4 is 10.0 Å². The molecule has 0 saturated heterocycles. The van der Waals surface area contributed by atoms with Crippen LogP contribution in [0.3, 0.4) is 0 Å². The second-order valence-corrected chi connectivity index (χ2v) is 3.68. The quantitative estimate of drug-likeness (QED) is 0.661. The Morgan fingerprint density at radius 3 is 2.20 bits per heavy atom. The van der Waals surface area contributed by atoms with E-state index in [0.717, 1.165) is 6.26 Å². The van der Waals surface area contributed by atoms with Crippen LogP contribution in [-0.2, 0) is 10.0 Å². The minimum absolute atomic E-state index is 1.10. The molecule has 0 saturated carbocycles. The molecule has 5 heteroatoms. The summed E-state index contributed by atoms with van der Waals surface area (Å²) in [5, 5.41) is 0. The zero-order valence-electron chi connectivity index (χ0n) is 5.48. The van der Waals surface area contributed by atoms with Crippen LogP contribution in [0.1, 0.15) is 0 Å². The third-order valence-electron chi connectivity index (χ3n) is 0.876. The molecule has 0 fully saturated rings. The molecular formula is C5H8N2O2S. The highest BCUT2D eigenvalue weighted by Gasteiger charge is 1.96. The summed E-state index contributed by atoms with van der Waals surface area (Å²) in [6.45, 7) is 0. The number of rotatable bonds is 2. The molecule has 0 radical (unpaired) electrons. The highest BCUT2D eigenvalue weighted by atomic mass is 32.2. The number of hydrogen-bond donors (Lipinski definition) is 1. The van der Waals surface area contributed by atoms with E-state index in [1.54, 1.807) is 24.5 Å². The second-order valence-electron chi connectivity index (χ2n) is 1.95. The minimum atomic E-state index is -3.13. The van der Waals surface area contributed by atoms with Gasteiger partial charge in [0.15, 0.2) is 0 Å². The van der Waals surface area contributed by atoms with Crippen LogP contribution in [0.5, 0.6) is 0 Å². The topological polar surface area (TPSA) is 51.1 Å². The highest BCUT2D eigenvalue weighted by Crippen LogP contribution is 1.86. The molecule has 1 aromatic rings. The Morgan fingerprint density at radius 2 is 1.80 bits per heavy atom. The van der Waals surface area contributed by atoms with Crippen LogP contribution in [0.4, 0.5) is 0 Å². The first-order chi connectivity index (χ1) is 4.58. The van der Waals surface area contributed by atoms with Crippen molar-refractivity contribution in [3.63, 3.8) is 0 Å². The van der Waals surface area contributed by atoms with E-state index in [-0.39, 0.29) is 0 Å². The Hall–Kier alpha value is -0.970. The fraction of sp³-hybridized carbons (Fsp3) is 0.200. The summed E-state index contributed by atoms with van der Waals surface area (Å²) in [6.07, 6.45) is 4.33. The molecule has 56 valence electrons. The maximum Gasteiger partial charge on any atom is 0.243 e. The van der Waals surface area contributed by atoms with E-state index in [2.05, 4.69) is 4.83 Å². The van der Waals surface area contributed by atoms with Crippen molar-refractivity contribution in [3.05, 3.63) is 24.5 Å². The SMILES string of the molecule is CS(=O)(=O)Nn1cccc1. The van der Waals surface area contributed by atoms with Gasteiger partial charge in [-0.15, -0.1) is 0 Å². The number of aromatic nitrogens is 1.